The zero-order valence-electron chi connectivity index (χ0n) is 13.5. The molecule has 0 aliphatic heterocycles. The molecular weight excluding hydrogens is 302 g/mol. The molecule has 4 heteroatoms. The van der Waals surface area contributed by atoms with Crippen LogP contribution in [-0.4, -0.2) is 15.6 Å². The number of nitrogens with zero attached hydrogens (tertiary/aromatic N) is 1. The van der Waals surface area contributed by atoms with Gasteiger partial charge >= 0.3 is 5.97 Å². The normalized spacial score (nSPS) is 16.8. The van der Waals surface area contributed by atoms with Crippen LogP contribution in [0.25, 0.3) is 16.9 Å². The molecule has 0 radical (unpaired) electrons. The second-order valence-electron chi connectivity index (χ2n) is 6.49. The van der Waals surface area contributed by atoms with E-state index in [4.69, 9.17) is 4.42 Å². The summed E-state index contributed by atoms with van der Waals surface area (Å²) >= 11 is 0. The van der Waals surface area contributed by atoms with Crippen molar-refractivity contribution in [1.82, 2.24) is 4.57 Å². The first-order valence-electron chi connectivity index (χ1n) is 8.25. The standard InChI is InChI=1S/C20H19NO3/c1-13-7-8-16-15(11-13)12-18(14-5-3-2-4-6-14)21(16)17-9-10-24-19(17)20(22)23/h2-6,9-10,12-13H,7-8,11H2,1H3,(H,22,23). The van der Waals surface area contributed by atoms with Gasteiger partial charge in [-0.2, -0.15) is 0 Å². The molecule has 0 saturated carbocycles. The van der Waals surface area contributed by atoms with Gasteiger partial charge in [0.15, 0.2) is 0 Å². The van der Waals surface area contributed by atoms with Gasteiger partial charge in [0.1, 0.15) is 0 Å². The summed E-state index contributed by atoms with van der Waals surface area (Å²) in [4.78, 5) is 11.5. The van der Waals surface area contributed by atoms with Crippen LogP contribution in [0, 0.1) is 5.92 Å². The number of rotatable bonds is 3. The van der Waals surface area contributed by atoms with Crippen LogP contribution in [0.2, 0.25) is 0 Å². The van der Waals surface area contributed by atoms with Gasteiger partial charge in [0.25, 0.3) is 0 Å². The van der Waals surface area contributed by atoms with Crippen LogP contribution in [0.1, 0.15) is 35.2 Å². The van der Waals surface area contributed by atoms with E-state index in [0.717, 1.165) is 30.5 Å². The quantitative estimate of drug-likeness (QED) is 0.769. The Morgan fingerprint density at radius 2 is 2.04 bits per heavy atom. The molecule has 0 fully saturated rings. The zero-order valence-corrected chi connectivity index (χ0v) is 13.5. The number of hydrogen-bond donors (Lipinski definition) is 1. The average molecular weight is 321 g/mol. The highest BCUT2D eigenvalue weighted by Crippen LogP contribution is 2.36. The summed E-state index contributed by atoms with van der Waals surface area (Å²) in [6.07, 6.45) is 4.55. The van der Waals surface area contributed by atoms with Gasteiger partial charge in [-0.15, -0.1) is 0 Å². The van der Waals surface area contributed by atoms with E-state index < -0.39 is 5.97 Å². The fourth-order valence-corrected chi connectivity index (χ4v) is 3.65. The lowest BCUT2D eigenvalue weighted by molar-refractivity contribution is 0.0662. The third-order valence-corrected chi connectivity index (χ3v) is 4.78. The van der Waals surface area contributed by atoms with Crippen molar-refractivity contribution in [3.63, 3.8) is 0 Å². The smallest absolute Gasteiger partial charge is 0.374 e. The van der Waals surface area contributed by atoms with E-state index in [1.165, 1.54) is 17.5 Å². The van der Waals surface area contributed by atoms with Crippen molar-refractivity contribution in [2.24, 2.45) is 5.92 Å². The van der Waals surface area contributed by atoms with E-state index in [-0.39, 0.29) is 5.76 Å². The minimum atomic E-state index is -1.04. The topological polar surface area (TPSA) is 55.4 Å². The number of carboxylic acids is 1. The second kappa shape index (κ2) is 5.71. The van der Waals surface area contributed by atoms with Gasteiger partial charge < -0.3 is 14.1 Å². The lowest BCUT2D eigenvalue weighted by Gasteiger charge is -2.21. The summed E-state index contributed by atoms with van der Waals surface area (Å²) in [6.45, 7) is 2.27. The number of furan rings is 1. The highest BCUT2D eigenvalue weighted by Gasteiger charge is 2.26. The molecule has 2 aromatic heterocycles. The van der Waals surface area contributed by atoms with Gasteiger partial charge in [-0.25, -0.2) is 4.79 Å². The second-order valence-corrected chi connectivity index (χ2v) is 6.49. The molecule has 4 nitrogen and oxygen atoms in total. The molecule has 1 unspecified atom stereocenters. The van der Waals surface area contributed by atoms with Gasteiger partial charge in [0.05, 0.1) is 17.6 Å². The Hall–Kier alpha value is -2.75. The SMILES string of the molecule is CC1CCc2c(cc(-c3ccccc3)n2-c2ccoc2C(=O)O)C1. The monoisotopic (exact) mass is 321 g/mol. The summed E-state index contributed by atoms with van der Waals surface area (Å²) in [5.74, 6) is -0.398. The molecule has 0 amide bonds. The highest BCUT2D eigenvalue weighted by atomic mass is 16.4. The largest absolute Gasteiger partial charge is 0.475 e. The fraction of sp³-hybridized carbons (Fsp3) is 0.250. The average Bonchev–Trinajstić information content (AvgIpc) is 3.19. The number of hydrogen-bond acceptors (Lipinski definition) is 2. The molecule has 0 saturated heterocycles. The van der Waals surface area contributed by atoms with E-state index in [1.54, 1.807) is 6.07 Å². The number of aromatic nitrogens is 1. The predicted molar refractivity (Wildman–Crippen MR) is 91.6 cm³/mol. The summed E-state index contributed by atoms with van der Waals surface area (Å²) in [6, 6.07) is 14.1. The van der Waals surface area contributed by atoms with Gasteiger partial charge in [-0.3, -0.25) is 0 Å². The van der Waals surface area contributed by atoms with E-state index in [0.29, 0.717) is 11.6 Å². The molecule has 1 aliphatic rings. The molecule has 4 rings (SSSR count). The number of carboxylic acid groups (broad SMARTS) is 1. The van der Waals surface area contributed by atoms with Crippen LogP contribution in [0.5, 0.6) is 0 Å². The van der Waals surface area contributed by atoms with Crippen LogP contribution in [-0.2, 0) is 12.8 Å². The maximum atomic E-state index is 11.5. The Morgan fingerprint density at radius 1 is 1.25 bits per heavy atom. The Balaban J connectivity index is 1.97. The Labute approximate surface area is 140 Å². The molecule has 24 heavy (non-hydrogen) atoms. The summed E-state index contributed by atoms with van der Waals surface area (Å²) < 4.78 is 7.31. The van der Waals surface area contributed by atoms with E-state index in [2.05, 4.69) is 29.7 Å². The van der Waals surface area contributed by atoms with Crippen molar-refractivity contribution in [3.05, 3.63) is 65.7 Å². The van der Waals surface area contributed by atoms with E-state index >= 15 is 0 Å². The molecule has 0 spiro atoms. The number of carbonyl (C=O) groups is 1. The molecular formula is C20H19NO3. The summed E-state index contributed by atoms with van der Waals surface area (Å²) in [7, 11) is 0. The Kier molecular flexibility index (Phi) is 3.53. The minimum absolute atomic E-state index is 0.01000. The first kappa shape index (κ1) is 14.8. The fourth-order valence-electron chi connectivity index (χ4n) is 3.65. The van der Waals surface area contributed by atoms with Gasteiger partial charge in [0.2, 0.25) is 5.76 Å². The van der Waals surface area contributed by atoms with Crippen molar-refractivity contribution < 1.29 is 14.3 Å². The van der Waals surface area contributed by atoms with Gasteiger partial charge in [-0.1, -0.05) is 37.3 Å². The molecule has 122 valence electrons. The molecule has 0 bridgehead atoms. The van der Waals surface area contributed by atoms with Crippen LogP contribution >= 0.6 is 0 Å². The van der Waals surface area contributed by atoms with Gasteiger partial charge in [0, 0.05) is 11.8 Å². The van der Waals surface area contributed by atoms with Crippen molar-refractivity contribution in [3.8, 4) is 16.9 Å². The van der Waals surface area contributed by atoms with E-state index in [9.17, 15) is 9.90 Å². The lowest BCUT2D eigenvalue weighted by atomic mass is 9.89. The van der Waals surface area contributed by atoms with Crippen LogP contribution < -0.4 is 0 Å². The molecule has 1 atom stereocenters. The summed E-state index contributed by atoms with van der Waals surface area (Å²) in [5.41, 5.74) is 5.23. The van der Waals surface area contributed by atoms with E-state index in [1.807, 2.05) is 18.2 Å². The number of fused-ring (bicyclic) bond motifs is 1. The third kappa shape index (κ3) is 2.35. The summed E-state index contributed by atoms with van der Waals surface area (Å²) in [5, 5.41) is 9.45. The molecule has 3 aromatic rings. The maximum Gasteiger partial charge on any atom is 0.374 e. The first-order valence-corrected chi connectivity index (χ1v) is 8.25. The van der Waals surface area contributed by atoms with Crippen LogP contribution in [0.3, 0.4) is 0 Å². The minimum Gasteiger partial charge on any atom is -0.475 e. The third-order valence-electron chi connectivity index (χ3n) is 4.78. The molecule has 1 aromatic carbocycles. The Bertz CT molecular complexity index is 889. The van der Waals surface area contributed by atoms with Crippen molar-refractivity contribution >= 4 is 5.97 Å². The van der Waals surface area contributed by atoms with Gasteiger partial charge in [-0.05, 0) is 42.4 Å². The van der Waals surface area contributed by atoms with Crippen molar-refractivity contribution in [2.75, 3.05) is 0 Å². The number of benzene rings is 1. The zero-order chi connectivity index (χ0) is 16.7. The highest BCUT2D eigenvalue weighted by molar-refractivity contribution is 5.89. The molecule has 2 heterocycles. The molecule has 1 N–H and O–H groups in total. The maximum absolute atomic E-state index is 11.5. The van der Waals surface area contributed by atoms with Crippen molar-refractivity contribution in [1.29, 1.82) is 0 Å². The van der Waals surface area contributed by atoms with Crippen LogP contribution in [0.4, 0.5) is 0 Å². The predicted octanol–water partition coefficient (Wildman–Crippen LogP) is 4.56. The number of aromatic carboxylic acids is 1. The first-order chi connectivity index (χ1) is 11.6. The van der Waals surface area contributed by atoms with Crippen molar-refractivity contribution in [2.45, 2.75) is 26.2 Å². The Morgan fingerprint density at radius 3 is 2.79 bits per heavy atom. The van der Waals surface area contributed by atoms with Crippen LogP contribution in [0.15, 0.2) is 53.1 Å². The lowest BCUT2D eigenvalue weighted by Crippen LogP contribution is -2.14. The molecule has 1 aliphatic carbocycles.